The minimum Gasteiger partial charge on any atom is -0.313 e. The Labute approximate surface area is 113 Å². The standard InChI is InChI=1S/C14H29NO2S/c1-5-9-15-14(11(2)3)12-7-6-8-13(10-12)18(4,16)17/h11-15H,5-10H2,1-4H3. The molecule has 18 heavy (non-hydrogen) atoms. The SMILES string of the molecule is CCCNC(C(C)C)C1CCCC(S(C)(=O)=O)C1. The smallest absolute Gasteiger partial charge is 0.150 e. The largest absolute Gasteiger partial charge is 0.313 e. The lowest BCUT2D eigenvalue weighted by Gasteiger charge is -2.36. The normalized spacial score (nSPS) is 27.4. The molecule has 3 unspecified atom stereocenters. The minimum absolute atomic E-state index is 0.110. The Morgan fingerprint density at radius 2 is 1.94 bits per heavy atom. The third-order valence-corrected chi connectivity index (χ3v) is 5.77. The summed E-state index contributed by atoms with van der Waals surface area (Å²) in [5.74, 6) is 1.09. The van der Waals surface area contributed by atoms with Crippen LogP contribution in [0.4, 0.5) is 0 Å². The fourth-order valence-electron chi connectivity index (χ4n) is 3.15. The van der Waals surface area contributed by atoms with Gasteiger partial charge in [0.15, 0.2) is 0 Å². The molecular formula is C14H29NO2S. The van der Waals surface area contributed by atoms with Crippen molar-refractivity contribution in [3.05, 3.63) is 0 Å². The summed E-state index contributed by atoms with van der Waals surface area (Å²) in [6.45, 7) is 7.67. The van der Waals surface area contributed by atoms with Crippen LogP contribution >= 0.6 is 0 Å². The van der Waals surface area contributed by atoms with Crippen LogP contribution in [0.2, 0.25) is 0 Å². The third kappa shape index (κ3) is 4.54. The predicted octanol–water partition coefficient (Wildman–Crippen LogP) is 2.61. The van der Waals surface area contributed by atoms with Crippen LogP contribution in [0.25, 0.3) is 0 Å². The van der Waals surface area contributed by atoms with Gasteiger partial charge in [-0.3, -0.25) is 0 Å². The molecule has 0 aromatic carbocycles. The lowest BCUT2D eigenvalue weighted by Crippen LogP contribution is -2.44. The molecule has 1 aliphatic carbocycles. The van der Waals surface area contributed by atoms with Gasteiger partial charge in [-0.1, -0.05) is 27.2 Å². The molecule has 0 amide bonds. The maximum atomic E-state index is 11.7. The molecule has 0 aromatic rings. The van der Waals surface area contributed by atoms with Gasteiger partial charge in [0.1, 0.15) is 9.84 Å². The van der Waals surface area contributed by atoms with E-state index >= 15 is 0 Å². The van der Waals surface area contributed by atoms with Gasteiger partial charge in [0.2, 0.25) is 0 Å². The second-order valence-corrected chi connectivity index (χ2v) is 8.43. The second-order valence-electron chi connectivity index (χ2n) is 6.10. The van der Waals surface area contributed by atoms with Crippen LogP contribution in [-0.2, 0) is 9.84 Å². The van der Waals surface area contributed by atoms with E-state index < -0.39 is 9.84 Å². The van der Waals surface area contributed by atoms with E-state index in [-0.39, 0.29) is 5.25 Å². The van der Waals surface area contributed by atoms with Gasteiger partial charge < -0.3 is 5.32 Å². The molecule has 1 fully saturated rings. The summed E-state index contributed by atoms with van der Waals surface area (Å²) < 4.78 is 23.4. The number of sulfone groups is 1. The Hall–Kier alpha value is -0.0900. The molecule has 0 heterocycles. The summed E-state index contributed by atoms with van der Waals surface area (Å²) in [6.07, 6.45) is 6.45. The summed E-state index contributed by atoms with van der Waals surface area (Å²) in [7, 11) is -2.87. The van der Waals surface area contributed by atoms with Gasteiger partial charge in [-0.15, -0.1) is 0 Å². The van der Waals surface area contributed by atoms with E-state index in [2.05, 4.69) is 26.1 Å². The van der Waals surface area contributed by atoms with Crippen LogP contribution < -0.4 is 5.32 Å². The summed E-state index contributed by atoms with van der Waals surface area (Å²) in [5, 5.41) is 3.51. The molecule has 3 atom stereocenters. The molecule has 108 valence electrons. The molecule has 3 nitrogen and oxygen atoms in total. The van der Waals surface area contributed by atoms with Crippen molar-refractivity contribution in [1.82, 2.24) is 5.32 Å². The van der Waals surface area contributed by atoms with Crippen LogP contribution in [-0.4, -0.2) is 32.5 Å². The minimum atomic E-state index is -2.87. The van der Waals surface area contributed by atoms with Crippen molar-refractivity contribution < 1.29 is 8.42 Å². The van der Waals surface area contributed by atoms with Gasteiger partial charge in [-0.2, -0.15) is 0 Å². The molecular weight excluding hydrogens is 246 g/mol. The maximum absolute atomic E-state index is 11.7. The zero-order valence-corrected chi connectivity index (χ0v) is 13.1. The van der Waals surface area contributed by atoms with E-state index in [1.165, 1.54) is 12.7 Å². The predicted molar refractivity (Wildman–Crippen MR) is 77.5 cm³/mol. The van der Waals surface area contributed by atoms with Crippen LogP contribution in [0.15, 0.2) is 0 Å². The van der Waals surface area contributed by atoms with E-state index in [1.54, 1.807) is 0 Å². The molecule has 1 rings (SSSR count). The van der Waals surface area contributed by atoms with Crippen molar-refractivity contribution in [2.75, 3.05) is 12.8 Å². The van der Waals surface area contributed by atoms with Gasteiger partial charge in [-0.05, 0) is 44.1 Å². The Bertz CT molecular complexity index is 338. The van der Waals surface area contributed by atoms with Crippen molar-refractivity contribution in [1.29, 1.82) is 0 Å². The monoisotopic (exact) mass is 275 g/mol. The first-order chi connectivity index (χ1) is 8.36. The topological polar surface area (TPSA) is 46.2 Å². The Morgan fingerprint density at radius 3 is 2.44 bits per heavy atom. The summed E-state index contributed by atoms with van der Waals surface area (Å²) >= 11 is 0. The van der Waals surface area contributed by atoms with Crippen molar-refractivity contribution in [3.63, 3.8) is 0 Å². The first-order valence-corrected chi connectivity index (χ1v) is 9.24. The molecule has 0 radical (unpaired) electrons. The zero-order valence-electron chi connectivity index (χ0n) is 12.3. The third-order valence-electron chi connectivity index (χ3n) is 4.13. The van der Waals surface area contributed by atoms with E-state index in [4.69, 9.17) is 0 Å². The van der Waals surface area contributed by atoms with Crippen molar-refractivity contribution in [3.8, 4) is 0 Å². The van der Waals surface area contributed by atoms with Crippen molar-refractivity contribution >= 4 is 9.84 Å². The first-order valence-electron chi connectivity index (χ1n) is 7.28. The van der Waals surface area contributed by atoms with E-state index in [1.807, 2.05) is 0 Å². The van der Waals surface area contributed by atoms with Gasteiger partial charge in [-0.25, -0.2) is 8.42 Å². The Morgan fingerprint density at radius 1 is 1.28 bits per heavy atom. The lowest BCUT2D eigenvalue weighted by atomic mass is 9.79. The summed E-state index contributed by atoms with van der Waals surface area (Å²) in [5.41, 5.74) is 0. The average molecular weight is 275 g/mol. The molecule has 0 aliphatic heterocycles. The molecule has 1 N–H and O–H groups in total. The van der Waals surface area contributed by atoms with Crippen LogP contribution in [0, 0.1) is 11.8 Å². The Balaban J connectivity index is 2.67. The molecule has 0 saturated heterocycles. The average Bonchev–Trinajstić information content (AvgIpc) is 2.28. The van der Waals surface area contributed by atoms with Gasteiger partial charge >= 0.3 is 0 Å². The molecule has 1 saturated carbocycles. The lowest BCUT2D eigenvalue weighted by molar-refractivity contribution is 0.225. The molecule has 4 heteroatoms. The highest BCUT2D eigenvalue weighted by molar-refractivity contribution is 7.91. The highest BCUT2D eigenvalue weighted by Gasteiger charge is 2.33. The van der Waals surface area contributed by atoms with Crippen LogP contribution in [0.3, 0.4) is 0 Å². The highest BCUT2D eigenvalue weighted by Crippen LogP contribution is 2.32. The number of hydrogen-bond donors (Lipinski definition) is 1. The van der Waals surface area contributed by atoms with E-state index in [9.17, 15) is 8.42 Å². The summed E-state index contributed by atoms with van der Waals surface area (Å²) in [4.78, 5) is 0. The molecule has 0 bridgehead atoms. The molecule has 0 aromatic heterocycles. The van der Waals surface area contributed by atoms with E-state index in [0.717, 1.165) is 32.2 Å². The Kier molecular flexibility index (Phi) is 6.12. The van der Waals surface area contributed by atoms with Gasteiger partial charge in [0.05, 0.1) is 5.25 Å². The van der Waals surface area contributed by atoms with Gasteiger partial charge in [0.25, 0.3) is 0 Å². The zero-order chi connectivity index (χ0) is 13.8. The maximum Gasteiger partial charge on any atom is 0.150 e. The fraction of sp³-hybridized carbons (Fsp3) is 1.00. The number of hydrogen-bond acceptors (Lipinski definition) is 3. The van der Waals surface area contributed by atoms with Gasteiger partial charge in [0, 0.05) is 12.3 Å². The molecule has 1 aliphatic rings. The number of nitrogens with one attached hydrogen (secondary N) is 1. The first kappa shape index (κ1) is 16.0. The number of rotatable bonds is 6. The van der Waals surface area contributed by atoms with Crippen LogP contribution in [0.5, 0.6) is 0 Å². The summed E-state index contributed by atoms with van der Waals surface area (Å²) in [6, 6.07) is 0.467. The highest BCUT2D eigenvalue weighted by atomic mass is 32.2. The van der Waals surface area contributed by atoms with E-state index in [0.29, 0.717) is 17.9 Å². The quantitative estimate of drug-likeness (QED) is 0.810. The second kappa shape index (κ2) is 6.90. The van der Waals surface area contributed by atoms with Crippen LogP contribution in [0.1, 0.15) is 52.9 Å². The molecule has 0 spiro atoms. The van der Waals surface area contributed by atoms with Crippen molar-refractivity contribution in [2.45, 2.75) is 64.2 Å². The van der Waals surface area contributed by atoms with Crippen molar-refractivity contribution in [2.24, 2.45) is 11.8 Å². The fourth-order valence-corrected chi connectivity index (χ4v) is 4.35.